The molecule has 2 N–H and O–H groups in total. The van der Waals surface area contributed by atoms with Crippen LogP contribution in [-0.4, -0.2) is 19.0 Å². The summed E-state index contributed by atoms with van der Waals surface area (Å²) in [7, 11) is 0. The number of amides is 1. The summed E-state index contributed by atoms with van der Waals surface area (Å²) in [5.41, 5.74) is 0.259. The van der Waals surface area contributed by atoms with Crippen LogP contribution in [0.15, 0.2) is 24.3 Å². The van der Waals surface area contributed by atoms with Gasteiger partial charge < -0.3 is 10.6 Å². The number of carbonyl (C=O) groups excluding carboxylic acids is 1. The van der Waals surface area contributed by atoms with Crippen molar-refractivity contribution in [2.45, 2.75) is 6.42 Å². The van der Waals surface area contributed by atoms with Gasteiger partial charge >= 0.3 is 0 Å². The quantitative estimate of drug-likeness (QED) is 0.770. The fraction of sp³-hybridized carbons (Fsp3) is 0.364. The monoisotopic (exact) mass is 208 g/mol. The van der Waals surface area contributed by atoms with Crippen LogP contribution in [0.3, 0.4) is 0 Å². The summed E-state index contributed by atoms with van der Waals surface area (Å²) >= 11 is 0. The highest BCUT2D eigenvalue weighted by Crippen LogP contribution is 2.15. The molecule has 1 saturated heterocycles. The molecule has 0 unspecified atom stereocenters. The third-order valence-electron chi connectivity index (χ3n) is 2.56. The molecule has 1 aliphatic heterocycles. The van der Waals surface area contributed by atoms with E-state index in [-0.39, 0.29) is 17.5 Å². The average molecular weight is 208 g/mol. The molecule has 1 fully saturated rings. The van der Waals surface area contributed by atoms with E-state index in [2.05, 4.69) is 10.6 Å². The molecule has 0 aromatic heterocycles. The summed E-state index contributed by atoms with van der Waals surface area (Å²) < 4.78 is 13.2. The lowest BCUT2D eigenvalue weighted by molar-refractivity contribution is -0.119. The first-order valence-electron chi connectivity index (χ1n) is 5.03. The molecule has 0 radical (unpaired) electrons. The summed E-state index contributed by atoms with van der Waals surface area (Å²) in [4.78, 5) is 11.6. The van der Waals surface area contributed by atoms with Gasteiger partial charge in [-0.15, -0.1) is 0 Å². The first kappa shape index (κ1) is 10.1. The number of nitrogens with one attached hydrogen (secondary N) is 2. The number of halogens is 1. The lowest BCUT2D eigenvalue weighted by Gasteiger charge is -2.10. The summed E-state index contributed by atoms with van der Waals surface area (Å²) in [6.45, 7) is 1.54. The number of anilines is 1. The van der Waals surface area contributed by atoms with Gasteiger partial charge in [0.05, 0.1) is 11.6 Å². The van der Waals surface area contributed by atoms with Crippen LogP contribution in [0.2, 0.25) is 0 Å². The van der Waals surface area contributed by atoms with Gasteiger partial charge in [0.2, 0.25) is 5.91 Å². The predicted octanol–water partition coefficient (Wildman–Crippen LogP) is 1.37. The highest BCUT2D eigenvalue weighted by atomic mass is 19.1. The third-order valence-corrected chi connectivity index (χ3v) is 2.56. The Morgan fingerprint density at radius 2 is 2.27 bits per heavy atom. The van der Waals surface area contributed by atoms with Gasteiger partial charge in [0.15, 0.2) is 0 Å². The molecular weight excluding hydrogens is 195 g/mol. The van der Waals surface area contributed by atoms with Crippen molar-refractivity contribution in [3.63, 3.8) is 0 Å². The van der Waals surface area contributed by atoms with Crippen molar-refractivity contribution < 1.29 is 9.18 Å². The van der Waals surface area contributed by atoms with E-state index in [1.807, 2.05) is 0 Å². The Morgan fingerprint density at radius 3 is 2.93 bits per heavy atom. The van der Waals surface area contributed by atoms with E-state index in [1.165, 1.54) is 6.07 Å². The van der Waals surface area contributed by atoms with Crippen LogP contribution in [0.5, 0.6) is 0 Å². The van der Waals surface area contributed by atoms with Gasteiger partial charge in [-0.05, 0) is 25.1 Å². The second kappa shape index (κ2) is 4.40. The van der Waals surface area contributed by atoms with Crippen LogP contribution in [-0.2, 0) is 4.79 Å². The molecule has 0 saturated carbocycles. The topological polar surface area (TPSA) is 41.1 Å². The molecule has 0 aliphatic carbocycles. The largest absolute Gasteiger partial charge is 0.323 e. The Kier molecular flexibility index (Phi) is 2.97. The Labute approximate surface area is 87.7 Å². The van der Waals surface area contributed by atoms with Crippen molar-refractivity contribution in [1.29, 1.82) is 0 Å². The van der Waals surface area contributed by atoms with Crippen molar-refractivity contribution in [2.24, 2.45) is 5.92 Å². The van der Waals surface area contributed by atoms with Gasteiger partial charge in [-0.3, -0.25) is 4.79 Å². The SMILES string of the molecule is O=C(Nc1ccccc1F)[C@@H]1CCNC1. The third kappa shape index (κ3) is 2.33. The maximum absolute atomic E-state index is 13.2. The molecule has 15 heavy (non-hydrogen) atoms. The number of para-hydroxylation sites is 1. The molecule has 1 heterocycles. The molecule has 80 valence electrons. The number of benzene rings is 1. The van der Waals surface area contributed by atoms with Gasteiger partial charge in [-0.25, -0.2) is 4.39 Å². The fourth-order valence-electron chi connectivity index (χ4n) is 1.68. The molecule has 4 heteroatoms. The van der Waals surface area contributed by atoms with Crippen LogP contribution in [0.4, 0.5) is 10.1 Å². The smallest absolute Gasteiger partial charge is 0.228 e. The van der Waals surface area contributed by atoms with Crippen LogP contribution in [0.1, 0.15) is 6.42 Å². The zero-order valence-corrected chi connectivity index (χ0v) is 8.29. The van der Waals surface area contributed by atoms with Crippen LogP contribution in [0, 0.1) is 11.7 Å². The molecule has 1 aliphatic rings. The Morgan fingerprint density at radius 1 is 1.47 bits per heavy atom. The number of hydrogen-bond acceptors (Lipinski definition) is 2. The fourth-order valence-corrected chi connectivity index (χ4v) is 1.68. The maximum atomic E-state index is 13.2. The highest BCUT2D eigenvalue weighted by molar-refractivity contribution is 5.92. The zero-order chi connectivity index (χ0) is 10.7. The van der Waals surface area contributed by atoms with E-state index in [0.29, 0.717) is 6.54 Å². The van der Waals surface area contributed by atoms with Crippen LogP contribution < -0.4 is 10.6 Å². The van der Waals surface area contributed by atoms with E-state index in [0.717, 1.165) is 13.0 Å². The van der Waals surface area contributed by atoms with Gasteiger partial charge in [0.1, 0.15) is 5.82 Å². The molecule has 1 amide bonds. The summed E-state index contributed by atoms with van der Waals surface area (Å²) in [5, 5.41) is 5.70. The van der Waals surface area contributed by atoms with E-state index in [4.69, 9.17) is 0 Å². The van der Waals surface area contributed by atoms with Crippen LogP contribution >= 0.6 is 0 Å². The molecule has 1 aromatic carbocycles. The summed E-state index contributed by atoms with van der Waals surface area (Å²) in [6.07, 6.45) is 0.820. The lowest BCUT2D eigenvalue weighted by atomic mass is 10.1. The van der Waals surface area contributed by atoms with Gasteiger partial charge in [0.25, 0.3) is 0 Å². The minimum absolute atomic E-state index is 0.0374. The average Bonchev–Trinajstić information content (AvgIpc) is 2.74. The molecule has 1 atom stereocenters. The zero-order valence-electron chi connectivity index (χ0n) is 8.29. The van der Waals surface area contributed by atoms with Crippen molar-refractivity contribution in [3.05, 3.63) is 30.1 Å². The minimum Gasteiger partial charge on any atom is -0.323 e. The normalized spacial score (nSPS) is 20.2. The first-order chi connectivity index (χ1) is 7.27. The minimum atomic E-state index is -0.392. The Hall–Kier alpha value is -1.42. The van der Waals surface area contributed by atoms with E-state index in [1.54, 1.807) is 18.2 Å². The Balaban J connectivity index is 2.02. The first-order valence-corrected chi connectivity index (χ1v) is 5.03. The van der Waals surface area contributed by atoms with E-state index in [9.17, 15) is 9.18 Å². The van der Waals surface area contributed by atoms with Gasteiger partial charge in [0, 0.05) is 6.54 Å². The molecular formula is C11H13FN2O. The van der Waals surface area contributed by atoms with Gasteiger partial charge in [-0.2, -0.15) is 0 Å². The summed E-state index contributed by atoms with van der Waals surface area (Å²) in [6, 6.07) is 6.20. The van der Waals surface area contributed by atoms with Crippen molar-refractivity contribution >= 4 is 11.6 Å². The molecule has 0 bridgehead atoms. The standard InChI is InChI=1S/C11H13FN2O/c12-9-3-1-2-4-10(9)14-11(15)8-5-6-13-7-8/h1-4,8,13H,5-7H2,(H,14,15)/t8-/m1/s1. The molecule has 1 aromatic rings. The highest BCUT2D eigenvalue weighted by Gasteiger charge is 2.22. The molecule has 0 spiro atoms. The van der Waals surface area contributed by atoms with Crippen molar-refractivity contribution in [3.8, 4) is 0 Å². The summed E-state index contributed by atoms with van der Waals surface area (Å²) in [5.74, 6) is -0.536. The predicted molar refractivity (Wildman–Crippen MR) is 56.0 cm³/mol. The second-order valence-electron chi connectivity index (χ2n) is 3.66. The lowest BCUT2D eigenvalue weighted by Crippen LogP contribution is -2.25. The van der Waals surface area contributed by atoms with E-state index >= 15 is 0 Å². The van der Waals surface area contributed by atoms with E-state index < -0.39 is 5.82 Å². The molecule has 2 rings (SSSR count). The van der Waals surface area contributed by atoms with Crippen molar-refractivity contribution in [2.75, 3.05) is 18.4 Å². The Bertz CT molecular complexity index is 361. The maximum Gasteiger partial charge on any atom is 0.228 e. The second-order valence-corrected chi connectivity index (χ2v) is 3.66. The van der Waals surface area contributed by atoms with Crippen LogP contribution in [0.25, 0.3) is 0 Å². The molecule has 3 nitrogen and oxygen atoms in total. The number of rotatable bonds is 2. The number of carbonyl (C=O) groups is 1. The number of hydrogen-bond donors (Lipinski definition) is 2. The van der Waals surface area contributed by atoms with Gasteiger partial charge in [-0.1, -0.05) is 12.1 Å². The van der Waals surface area contributed by atoms with Crippen molar-refractivity contribution in [1.82, 2.24) is 5.32 Å².